The van der Waals surface area contributed by atoms with E-state index in [1.165, 1.54) is 60.8 Å². The van der Waals surface area contributed by atoms with Crippen molar-refractivity contribution in [2.75, 3.05) is 24.3 Å². The molecule has 2 aromatic heterocycles. The van der Waals surface area contributed by atoms with Crippen LogP contribution >= 0.6 is 0 Å². The molecule has 0 spiro atoms. The number of allylic oxidation sites excluding steroid dienone is 2. The topological polar surface area (TPSA) is 153 Å². The van der Waals surface area contributed by atoms with Crippen molar-refractivity contribution in [2.45, 2.75) is 38.8 Å². The van der Waals surface area contributed by atoms with Crippen molar-refractivity contribution in [3.63, 3.8) is 0 Å². The zero-order valence-corrected chi connectivity index (χ0v) is 26.2. The van der Waals surface area contributed by atoms with Gasteiger partial charge in [0.2, 0.25) is 12.3 Å². The standard InChI is InChI=1S/C35H35F2N7O4/c1-22-13-16-44-33-24(5-2-3-17-48-18-14-30(46)41-22)20-40-34(38)31(33)32(43-44)28-12-11-26(19-29(28)37)42-35(47)27(6-4-15-39-21-45)23-7-9-25(36)10-8-23/h2,4-12,15,19-22H,3,13-14,16-18H2,1H3,(H2,38,40)(H,39,45)(H,41,46)(H,42,47)/b5-2+,15-4-,27-6+. The molecule has 0 saturated carbocycles. The van der Waals surface area contributed by atoms with E-state index in [1.807, 2.05) is 19.1 Å². The number of nitrogens with one attached hydrogen (secondary N) is 3. The molecule has 4 aromatic rings. The first-order chi connectivity index (χ1) is 23.2. The second-order valence-corrected chi connectivity index (χ2v) is 11.1. The fourth-order valence-electron chi connectivity index (χ4n) is 5.25. The molecule has 248 valence electrons. The van der Waals surface area contributed by atoms with E-state index >= 15 is 4.39 Å². The number of carbonyl (C=O) groups excluding carboxylic acids is 3. The van der Waals surface area contributed by atoms with Gasteiger partial charge in [-0.05, 0) is 67.8 Å². The summed E-state index contributed by atoms with van der Waals surface area (Å²) in [6.07, 6.45) is 11.6. The third-order valence-electron chi connectivity index (χ3n) is 7.61. The van der Waals surface area contributed by atoms with E-state index in [1.54, 1.807) is 10.9 Å². The lowest BCUT2D eigenvalue weighted by Gasteiger charge is -2.14. The monoisotopic (exact) mass is 655 g/mol. The molecule has 0 fully saturated rings. The minimum atomic E-state index is -0.665. The Morgan fingerprint density at radius 1 is 1.17 bits per heavy atom. The van der Waals surface area contributed by atoms with Crippen molar-refractivity contribution in [2.24, 2.45) is 0 Å². The molecule has 48 heavy (non-hydrogen) atoms. The lowest BCUT2D eigenvalue weighted by molar-refractivity contribution is -0.122. The Morgan fingerprint density at radius 2 is 1.98 bits per heavy atom. The average Bonchev–Trinajstić information content (AvgIpc) is 3.44. The summed E-state index contributed by atoms with van der Waals surface area (Å²) in [4.78, 5) is 40.6. The van der Waals surface area contributed by atoms with Crippen LogP contribution < -0.4 is 21.7 Å². The number of hydrogen-bond donors (Lipinski definition) is 4. The smallest absolute Gasteiger partial charge is 0.256 e. The fourth-order valence-corrected chi connectivity index (χ4v) is 5.25. The lowest BCUT2D eigenvalue weighted by Crippen LogP contribution is -2.34. The molecule has 1 aliphatic rings. The zero-order chi connectivity index (χ0) is 34.0. The summed E-state index contributed by atoms with van der Waals surface area (Å²) in [6, 6.07) is 9.36. The highest BCUT2D eigenvalue weighted by Gasteiger charge is 2.22. The number of rotatable bonds is 7. The molecule has 1 aliphatic heterocycles. The van der Waals surface area contributed by atoms with Gasteiger partial charge in [-0.15, -0.1) is 0 Å². The van der Waals surface area contributed by atoms with Gasteiger partial charge in [0.1, 0.15) is 23.1 Å². The molecule has 13 heteroatoms. The van der Waals surface area contributed by atoms with E-state index in [0.29, 0.717) is 55.5 Å². The maximum atomic E-state index is 15.9. The van der Waals surface area contributed by atoms with Crippen LogP contribution in [0.2, 0.25) is 0 Å². The molecular formula is C35H35F2N7O4. The van der Waals surface area contributed by atoms with Crippen LogP contribution in [0.3, 0.4) is 0 Å². The number of ether oxygens (including phenoxy) is 1. The normalized spacial score (nSPS) is 16.9. The number of pyridine rings is 1. The van der Waals surface area contributed by atoms with Crippen LogP contribution in [0.4, 0.5) is 20.3 Å². The van der Waals surface area contributed by atoms with Crippen molar-refractivity contribution in [1.29, 1.82) is 0 Å². The number of carbonyl (C=O) groups is 3. The van der Waals surface area contributed by atoms with Gasteiger partial charge in [-0.25, -0.2) is 13.8 Å². The summed E-state index contributed by atoms with van der Waals surface area (Å²) >= 11 is 0. The van der Waals surface area contributed by atoms with Crippen molar-refractivity contribution >= 4 is 52.3 Å². The molecule has 1 unspecified atom stereocenters. The van der Waals surface area contributed by atoms with Crippen LogP contribution in [0.5, 0.6) is 0 Å². The predicted octanol–water partition coefficient (Wildman–Crippen LogP) is 4.96. The van der Waals surface area contributed by atoms with Crippen LogP contribution in [0.15, 0.2) is 73.1 Å². The Hall–Kier alpha value is -5.69. The maximum absolute atomic E-state index is 15.9. The summed E-state index contributed by atoms with van der Waals surface area (Å²) in [5.74, 6) is -1.65. The Bertz CT molecular complexity index is 1900. The number of aromatic nitrogens is 3. The number of aryl methyl sites for hydroxylation is 1. The minimum absolute atomic E-state index is 0.103. The molecule has 3 amide bonds. The Kier molecular flexibility index (Phi) is 11.0. The number of nitrogen functional groups attached to an aromatic ring is 1. The van der Waals surface area contributed by atoms with Crippen LogP contribution in [-0.4, -0.2) is 52.2 Å². The minimum Gasteiger partial charge on any atom is -0.383 e. The third-order valence-corrected chi connectivity index (χ3v) is 7.61. The van der Waals surface area contributed by atoms with E-state index < -0.39 is 17.5 Å². The van der Waals surface area contributed by atoms with Crippen LogP contribution in [0, 0.1) is 11.6 Å². The second kappa shape index (κ2) is 15.7. The van der Waals surface area contributed by atoms with Gasteiger partial charge in [0.05, 0.1) is 24.1 Å². The number of nitrogens with zero attached hydrogens (tertiary/aromatic N) is 3. The first-order valence-electron chi connectivity index (χ1n) is 15.4. The highest BCUT2D eigenvalue weighted by molar-refractivity contribution is 6.25. The van der Waals surface area contributed by atoms with Gasteiger partial charge in [0.25, 0.3) is 5.91 Å². The Balaban J connectivity index is 1.49. The van der Waals surface area contributed by atoms with Gasteiger partial charge in [-0.3, -0.25) is 19.1 Å². The van der Waals surface area contributed by atoms with E-state index in [-0.39, 0.29) is 46.7 Å². The number of amides is 3. The Morgan fingerprint density at radius 3 is 2.75 bits per heavy atom. The first-order valence-corrected chi connectivity index (χ1v) is 15.4. The van der Waals surface area contributed by atoms with Gasteiger partial charge in [-0.2, -0.15) is 5.10 Å². The van der Waals surface area contributed by atoms with Crippen LogP contribution in [-0.2, 0) is 25.7 Å². The van der Waals surface area contributed by atoms with E-state index in [4.69, 9.17) is 15.6 Å². The maximum Gasteiger partial charge on any atom is 0.256 e. The molecular weight excluding hydrogens is 620 g/mol. The molecule has 0 saturated heterocycles. The SMILES string of the molecule is CC1CCn2nc(-c3ccc(NC(=O)/C(=C/C=C\NC=O)c4ccc(F)cc4)cc3F)c3c(N)ncc(c32)/C=C/CCOCCC(=O)N1. The van der Waals surface area contributed by atoms with Crippen molar-refractivity contribution < 1.29 is 27.9 Å². The molecule has 0 bridgehead atoms. The van der Waals surface area contributed by atoms with E-state index in [2.05, 4.69) is 20.9 Å². The zero-order valence-electron chi connectivity index (χ0n) is 26.2. The average molecular weight is 656 g/mol. The molecule has 2 aromatic carbocycles. The van der Waals surface area contributed by atoms with Crippen LogP contribution in [0.1, 0.15) is 37.3 Å². The number of hydrogen-bond acceptors (Lipinski definition) is 7. The van der Waals surface area contributed by atoms with Gasteiger partial charge >= 0.3 is 0 Å². The van der Waals surface area contributed by atoms with Gasteiger partial charge in [0, 0.05) is 53.8 Å². The largest absolute Gasteiger partial charge is 0.383 e. The summed E-state index contributed by atoms with van der Waals surface area (Å²) in [6.45, 7) is 3.09. The Labute approximate surface area is 275 Å². The number of nitrogens with two attached hydrogens (primary N) is 1. The highest BCUT2D eigenvalue weighted by Crippen LogP contribution is 2.36. The summed E-state index contributed by atoms with van der Waals surface area (Å²) < 4.78 is 36.8. The van der Waals surface area contributed by atoms with Gasteiger partial charge in [-0.1, -0.05) is 24.3 Å². The van der Waals surface area contributed by atoms with E-state index in [0.717, 1.165) is 5.56 Å². The van der Waals surface area contributed by atoms with E-state index in [9.17, 15) is 18.8 Å². The van der Waals surface area contributed by atoms with Crippen molar-refractivity contribution in [1.82, 2.24) is 25.4 Å². The molecule has 5 N–H and O–H groups in total. The number of benzene rings is 2. The molecule has 11 nitrogen and oxygen atoms in total. The van der Waals surface area contributed by atoms with Crippen LogP contribution in [0.25, 0.3) is 33.8 Å². The highest BCUT2D eigenvalue weighted by atomic mass is 19.1. The second-order valence-electron chi connectivity index (χ2n) is 11.1. The first kappa shape index (κ1) is 33.7. The molecule has 0 aliphatic carbocycles. The number of anilines is 2. The molecule has 5 rings (SSSR count). The third kappa shape index (κ3) is 8.17. The number of halogens is 2. The van der Waals surface area contributed by atoms with Crippen molar-refractivity contribution in [3.05, 3.63) is 95.9 Å². The van der Waals surface area contributed by atoms with Gasteiger partial charge < -0.3 is 26.4 Å². The molecule has 0 radical (unpaired) electrons. The summed E-state index contributed by atoms with van der Waals surface area (Å²) in [7, 11) is 0. The fraction of sp³-hybridized carbons (Fsp3) is 0.229. The molecule has 3 heterocycles. The van der Waals surface area contributed by atoms with Gasteiger partial charge in [0.15, 0.2) is 0 Å². The summed E-state index contributed by atoms with van der Waals surface area (Å²) in [5.41, 5.74) is 8.94. The quantitative estimate of drug-likeness (QED) is 0.125. The lowest BCUT2D eigenvalue weighted by atomic mass is 10.0. The molecule has 1 atom stereocenters. The summed E-state index contributed by atoms with van der Waals surface area (Å²) in [5, 5.41) is 13.3. The predicted molar refractivity (Wildman–Crippen MR) is 180 cm³/mol. The van der Waals surface area contributed by atoms with Crippen molar-refractivity contribution in [3.8, 4) is 11.3 Å².